The molecule has 170 valence electrons. The van der Waals surface area contributed by atoms with E-state index in [1.807, 2.05) is 24.3 Å². The molecule has 0 unspecified atom stereocenters. The van der Waals surface area contributed by atoms with Crippen molar-refractivity contribution in [2.75, 3.05) is 26.3 Å². The molecular weight excluding hydrogens is 442 g/mol. The summed E-state index contributed by atoms with van der Waals surface area (Å²) in [5, 5.41) is 2.09. The molecule has 0 aliphatic carbocycles. The van der Waals surface area contributed by atoms with Crippen LogP contribution in [0, 0.1) is 6.92 Å². The smallest absolute Gasteiger partial charge is 0.243 e. The summed E-state index contributed by atoms with van der Waals surface area (Å²) in [6.45, 7) is 10.2. The third-order valence-corrected chi connectivity index (χ3v) is 8.13. The fourth-order valence-corrected chi connectivity index (χ4v) is 6.20. The third kappa shape index (κ3) is 4.73. The number of hydrogen-bond donors (Lipinski definition) is 0. The van der Waals surface area contributed by atoms with Crippen molar-refractivity contribution in [1.29, 1.82) is 0 Å². The van der Waals surface area contributed by atoms with Crippen LogP contribution in [-0.4, -0.2) is 43.6 Å². The maximum atomic E-state index is 12.9. The molecule has 6 nitrogen and oxygen atoms in total. The van der Waals surface area contributed by atoms with Crippen molar-refractivity contribution >= 4 is 27.0 Å². The van der Waals surface area contributed by atoms with E-state index in [0.29, 0.717) is 31.2 Å². The molecule has 0 radical (unpaired) electrons. The molecule has 2 aromatic carbocycles. The largest absolute Gasteiger partial charge is 0.379 e. The van der Waals surface area contributed by atoms with E-state index in [0.717, 1.165) is 21.7 Å². The SMILES string of the molecule is Cc1ccc(N=c2scc(-c3ccc(S(=O)(=O)N4CCOCC4)cc3)n2C(C)(C)C)cc1. The topological polar surface area (TPSA) is 63.9 Å². The lowest BCUT2D eigenvalue weighted by atomic mass is 10.1. The number of aromatic nitrogens is 1. The quantitative estimate of drug-likeness (QED) is 0.561. The van der Waals surface area contributed by atoms with Gasteiger partial charge in [-0.1, -0.05) is 29.8 Å². The zero-order valence-electron chi connectivity index (χ0n) is 18.9. The summed E-state index contributed by atoms with van der Waals surface area (Å²) in [4.78, 5) is 6.09. The monoisotopic (exact) mass is 471 g/mol. The number of aryl methyl sites for hydroxylation is 1. The van der Waals surface area contributed by atoms with Crippen LogP contribution < -0.4 is 4.80 Å². The van der Waals surface area contributed by atoms with Crippen LogP contribution in [-0.2, 0) is 20.3 Å². The molecule has 0 N–H and O–H groups in total. The van der Waals surface area contributed by atoms with E-state index < -0.39 is 10.0 Å². The number of rotatable bonds is 4. The number of ether oxygens (including phenoxy) is 1. The summed E-state index contributed by atoms with van der Waals surface area (Å²) >= 11 is 1.59. The van der Waals surface area contributed by atoms with Crippen LogP contribution in [0.3, 0.4) is 0 Å². The summed E-state index contributed by atoms with van der Waals surface area (Å²) in [6.07, 6.45) is 0. The van der Waals surface area contributed by atoms with Gasteiger partial charge in [-0.15, -0.1) is 11.3 Å². The highest BCUT2D eigenvalue weighted by Crippen LogP contribution is 2.28. The first-order valence-electron chi connectivity index (χ1n) is 10.7. The normalized spacial score (nSPS) is 16.4. The molecule has 0 bridgehead atoms. The van der Waals surface area contributed by atoms with Gasteiger partial charge in [0.2, 0.25) is 10.0 Å². The zero-order chi connectivity index (χ0) is 22.9. The number of morpholine rings is 1. The number of thiazole rings is 1. The zero-order valence-corrected chi connectivity index (χ0v) is 20.5. The van der Waals surface area contributed by atoms with Crippen LogP contribution in [0.1, 0.15) is 26.3 Å². The van der Waals surface area contributed by atoms with E-state index in [1.54, 1.807) is 23.5 Å². The van der Waals surface area contributed by atoms with Gasteiger partial charge in [0, 0.05) is 24.0 Å². The molecule has 8 heteroatoms. The molecule has 32 heavy (non-hydrogen) atoms. The van der Waals surface area contributed by atoms with Crippen LogP contribution in [0.15, 0.2) is 63.8 Å². The second-order valence-corrected chi connectivity index (χ2v) is 11.7. The van der Waals surface area contributed by atoms with Crippen molar-refractivity contribution in [1.82, 2.24) is 8.87 Å². The molecule has 0 spiro atoms. The Morgan fingerprint density at radius 2 is 1.59 bits per heavy atom. The minimum Gasteiger partial charge on any atom is -0.379 e. The fourth-order valence-electron chi connectivity index (χ4n) is 3.70. The van der Waals surface area contributed by atoms with Crippen LogP contribution in [0.2, 0.25) is 0 Å². The van der Waals surface area contributed by atoms with Gasteiger partial charge in [-0.25, -0.2) is 13.4 Å². The van der Waals surface area contributed by atoms with Crippen LogP contribution in [0.4, 0.5) is 5.69 Å². The molecule has 0 atom stereocenters. The van der Waals surface area contributed by atoms with Crippen molar-refractivity contribution in [3.8, 4) is 11.3 Å². The van der Waals surface area contributed by atoms with Gasteiger partial charge in [0.05, 0.1) is 29.5 Å². The van der Waals surface area contributed by atoms with E-state index in [2.05, 4.69) is 49.8 Å². The first kappa shape index (κ1) is 22.9. The Morgan fingerprint density at radius 1 is 0.969 bits per heavy atom. The third-order valence-electron chi connectivity index (χ3n) is 5.40. The summed E-state index contributed by atoms with van der Waals surface area (Å²) in [7, 11) is -3.51. The second kappa shape index (κ2) is 8.94. The van der Waals surface area contributed by atoms with Crippen molar-refractivity contribution in [3.63, 3.8) is 0 Å². The molecule has 3 aromatic rings. The summed E-state index contributed by atoms with van der Waals surface area (Å²) < 4.78 is 34.9. The predicted molar refractivity (Wildman–Crippen MR) is 129 cm³/mol. The molecule has 0 saturated carbocycles. The molecule has 2 heterocycles. The molecule has 1 saturated heterocycles. The highest BCUT2D eigenvalue weighted by molar-refractivity contribution is 7.89. The Bertz CT molecular complexity index is 1240. The highest BCUT2D eigenvalue weighted by Gasteiger charge is 2.26. The Balaban J connectivity index is 1.72. The molecule has 1 aliphatic heterocycles. The summed E-state index contributed by atoms with van der Waals surface area (Å²) in [5.74, 6) is 0. The molecule has 1 fully saturated rings. The molecular formula is C24H29N3O3S2. The minimum atomic E-state index is -3.51. The molecule has 4 rings (SSSR count). The lowest BCUT2D eigenvalue weighted by molar-refractivity contribution is 0.0730. The Hall–Kier alpha value is -2.26. The summed E-state index contributed by atoms with van der Waals surface area (Å²) in [6, 6.07) is 15.3. The van der Waals surface area contributed by atoms with Crippen LogP contribution in [0.5, 0.6) is 0 Å². The van der Waals surface area contributed by atoms with Crippen molar-refractivity contribution < 1.29 is 13.2 Å². The van der Waals surface area contributed by atoms with Gasteiger partial charge in [0.25, 0.3) is 0 Å². The standard InChI is InChI=1S/C24H29N3O3S2/c1-18-5-9-20(10-6-18)25-23-27(24(2,3)4)22(17-31-23)19-7-11-21(12-8-19)32(28,29)26-13-15-30-16-14-26/h5-12,17H,13-16H2,1-4H3. The number of nitrogens with zero attached hydrogens (tertiary/aromatic N) is 3. The summed E-state index contributed by atoms with van der Waals surface area (Å²) in [5.41, 5.74) is 3.89. The Morgan fingerprint density at radius 3 is 2.19 bits per heavy atom. The van der Waals surface area contributed by atoms with Crippen molar-refractivity contribution in [2.45, 2.75) is 38.1 Å². The van der Waals surface area contributed by atoms with E-state index >= 15 is 0 Å². The molecule has 1 aromatic heterocycles. The van der Waals surface area contributed by atoms with Gasteiger partial charge < -0.3 is 9.30 Å². The van der Waals surface area contributed by atoms with E-state index in [4.69, 9.17) is 9.73 Å². The maximum absolute atomic E-state index is 12.9. The van der Waals surface area contributed by atoms with Gasteiger partial charge in [0.1, 0.15) is 0 Å². The van der Waals surface area contributed by atoms with Gasteiger partial charge >= 0.3 is 0 Å². The maximum Gasteiger partial charge on any atom is 0.243 e. The van der Waals surface area contributed by atoms with Crippen LogP contribution in [0.25, 0.3) is 11.3 Å². The number of hydrogen-bond acceptors (Lipinski definition) is 5. The first-order valence-corrected chi connectivity index (χ1v) is 13.0. The van der Waals surface area contributed by atoms with E-state index in [1.165, 1.54) is 9.87 Å². The minimum absolute atomic E-state index is 0.197. The van der Waals surface area contributed by atoms with Crippen LogP contribution >= 0.6 is 11.3 Å². The van der Waals surface area contributed by atoms with Gasteiger partial charge in [-0.2, -0.15) is 4.31 Å². The lowest BCUT2D eigenvalue weighted by Crippen LogP contribution is -2.40. The number of benzene rings is 2. The number of sulfonamides is 1. The second-order valence-electron chi connectivity index (χ2n) is 8.90. The van der Waals surface area contributed by atoms with E-state index in [9.17, 15) is 8.42 Å². The Kier molecular flexibility index (Phi) is 6.40. The predicted octanol–water partition coefficient (Wildman–Crippen LogP) is 4.53. The average molecular weight is 472 g/mol. The van der Waals surface area contributed by atoms with Crippen molar-refractivity contribution in [3.05, 3.63) is 64.3 Å². The van der Waals surface area contributed by atoms with Gasteiger partial charge in [-0.3, -0.25) is 0 Å². The van der Waals surface area contributed by atoms with Gasteiger partial charge in [0.15, 0.2) is 4.80 Å². The van der Waals surface area contributed by atoms with Crippen molar-refractivity contribution in [2.24, 2.45) is 4.99 Å². The van der Waals surface area contributed by atoms with E-state index in [-0.39, 0.29) is 5.54 Å². The molecule has 0 amide bonds. The molecule has 1 aliphatic rings. The Labute approximate surface area is 193 Å². The first-order chi connectivity index (χ1) is 15.2. The van der Waals surface area contributed by atoms with Gasteiger partial charge in [-0.05, 0) is 57.5 Å². The lowest BCUT2D eigenvalue weighted by Gasteiger charge is -2.26. The average Bonchev–Trinajstić information content (AvgIpc) is 3.20. The fraction of sp³-hybridized carbons (Fsp3) is 0.375. The highest BCUT2D eigenvalue weighted by atomic mass is 32.2.